The fraction of sp³-hybridized carbons (Fsp3) is 0.143. The predicted molar refractivity (Wildman–Crippen MR) is 52.1 cm³/mol. The highest BCUT2D eigenvalue weighted by molar-refractivity contribution is 9.10. The van der Waals surface area contributed by atoms with E-state index in [-0.39, 0.29) is 15.2 Å². The topological polar surface area (TPSA) is 30.0 Å². The van der Waals surface area contributed by atoms with E-state index in [9.17, 15) is 13.6 Å². The van der Waals surface area contributed by atoms with E-state index < -0.39 is 17.2 Å². The molecule has 0 fully saturated rings. The molecule has 0 saturated heterocycles. The lowest BCUT2D eigenvalue weighted by molar-refractivity contribution is 0.108. The molecule has 0 saturated carbocycles. The molecule has 0 amide bonds. The van der Waals surface area contributed by atoms with Gasteiger partial charge < -0.3 is 0 Å². The van der Waals surface area contributed by atoms with Crippen LogP contribution in [0.15, 0.2) is 10.8 Å². The Kier molecular flexibility index (Phi) is 3.80. The monoisotopic (exact) mass is 303 g/mol. The van der Waals surface area contributed by atoms with Crippen LogP contribution in [-0.4, -0.2) is 10.2 Å². The van der Waals surface area contributed by atoms with E-state index in [1.807, 2.05) is 0 Å². The minimum Gasteiger partial charge on any atom is -0.275 e. The second-order valence-corrected chi connectivity index (χ2v) is 3.74. The lowest BCUT2D eigenvalue weighted by atomic mass is 10.2. The SMILES string of the molecule is O=C(Cl)c1c(Br)ncc(C(F)F)c1Cl. The lowest BCUT2D eigenvalue weighted by Crippen LogP contribution is -1.99. The molecule has 0 bridgehead atoms. The third-order valence-corrected chi connectivity index (χ3v) is 2.63. The van der Waals surface area contributed by atoms with Gasteiger partial charge in [-0.05, 0) is 27.5 Å². The highest BCUT2D eigenvalue weighted by atomic mass is 79.9. The first-order valence-electron chi connectivity index (χ1n) is 3.27. The first-order valence-corrected chi connectivity index (χ1v) is 4.82. The van der Waals surface area contributed by atoms with E-state index in [1.165, 1.54) is 0 Å². The van der Waals surface area contributed by atoms with Crippen LogP contribution in [0, 0.1) is 0 Å². The number of aromatic nitrogens is 1. The van der Waals surface area contributed by atoms with Gasteiger partial charge in [-0.1, -0.05) is 11.6 Å². The van der Waals surface area contributed by atoms with E-state index in [2.05, 4.69) is 20.9 Å². The van der Waals surface area contributed by atoms with E-state index in [0.717, 1.165) is 6.20 Å². The Bertz CT molecular complexity index is 386. The predicted octanol–water partition coefficient (Wildman–Crippen LogP) is 3.81. The molecule has 0 spiro atoms. The highest BCUT2D eigenvalue weighted by Gasteiger charge is 2.21. The third-order valence-electron chi connectivity index (χ3n) is 1.43. The van der Waals surface area contributed by atoms with Crippen molar-refractivity contribution >= 4 is 44.4 Å². The molecule has 0 aliphatic carbocycles. The summed E-state index contributed by atoms with van der Waals surface area (Å²) in [4.78, 5) is 14.4. The molecule has 1 aromatic heterocycles. The molecule has 0 aliphatic heterocycles. The van der Waals surface area contributed by atoms with Crippen molar-refractivity contribution < 1.29 is 13.6 Å². The van der Waals surface area contributed by atoms with Crippen LogP contribution in [0.1, 0.15) is 22.3 Å². The summed E-state index contributed by atoms with van der Waals surface area (Å²) in [5.74, 6) is 0. The number of alkyl halides is 2. The van der Waals surface area contributed by atoms with Gasteiger partial charge in [-0.15, -0.1) is 0 Å². The molecular formula is C7H2BrCl2F2NO. The van der Waals surface area contributed by atoms with E-state index >= 15 is 0 Å². The maximum atomic E-state index is 12.3. The van der Waals surface area contributed by atoms with Crippen molar-refractivity contribution in [1.29, 1.82) is 0 Å². The summed E-state index contributed by atoms with van der Waals surface area (Å²) >= 11 is 13.6. The molecule has 0 N–H and O–H groups in total. The molecule has 0 unspecified atom stereocenters. The highest BCUT2D eigenvalue weighted by Crippen LogP contribution is 2.33. The summed E-state index contributed by atoms with van der Waals surface area (Å²) in [5.41, 5.74) is -0.759. The zero-order valence-corrected chi connectivity index (χ0v) is 9.50. The molecule has 76 valence electrons. The molecule has 0 aromatic carbocycles. The van der Waals surface area contributed by atoms with Crippen molar-refractivity contribution in [2.24, 2.45) is 0 Å². The lowest BCUT2D eigenvalue weighted by Gasteiger charge is -2.06. The zero-order valence-electron chi connectivity index (χ0n) is 6.40. The van der Waals surface area contributed by atoms with Crippen LogP contribution >= 0.6 is 39.1 Å². The number of rotatable bonds is 2. The minimum atomic E-state index is -2.79. The summed E-state index contributed by atoms with van der Waals surface area (Å²) in [6.45, 7) is 0. The van der Waals surface area contributed by atoms with Crippen molar-refractivity contribution in [2.45, 2.75) is 6.43 Å². The van der Waals surface area contributed by atoms with Gasteiger partial charge in [0.2, 0.25) is 0 Å². The second-order valence-electron chi connectivity index (χ2n) is 2.27. The smallest absolute Gasteiger partial charge is 0.266 e. The number of carbonyl (C=O) groups is 1. The normalized spacial score (nSPS) is 10.7. The molecule has 0 aliphatic rings. The van der Waals surface area contributed by atoms with Crippen LogP contribution in [0.25, 0.3) is 0 Å². The Hall–Kier alpha value is -0.260. The number of hydrogen-bond donors (Lipinski definition) is 0. The Morgan fingerprint density at radius 2 is 2.14 bits per heavy atom. The van der Waals surface area contributed by atoms with Crippen molar-refractivity contribution in [1.82, 2.24) is 4.98 Å². The number of carbonyl (C=O) groups excluding carboxylic acids is 1. The number of halogens is 5. The largest absolute Gasteiger partial charge is 0.275 e. The van der Waals surface area contributed by atoms with Gasteiger partial charge in [0.1, 0.15) is 4.60 Å². The van der Waals surface area contributed by atoms with Crippen molar-refractivity contribution in [3.63, 3.8) is 0 Å². The average molecular weight is 305 g/mol. The first kappa shape index (κ1) is 11.8. The van der Waals surface area contributed by atoms with Crippen LogP contribution < -0.4 is 0 Å². The Morgan fingerprint density at radius 3 is 2.57 bits per heavy atom. The van der Waals surface area contributed by atoms with Gasteiger partial charge in [-0.3, -0.25) is 4.79 Å². The minimum absolute atomic E-state index is 0.0481. The molecular weight excluding hydrogens is 303 g/mol. The van der Waals surface area contributed by atoms with Crippen LogP contribution in [0.5, 0.6) is 0 Å². The van der Waals surface area contributed by atoms with Crippen LogP contribution in [0.3, 0.4) is 0 Å². The van der Waals surface area contributed by atoms with Gasteiger partial charge in [-0.25, -0.2) is 13.8 Å². The molecule has 1 aromatic rings. The summed E-state index contributed by atoms with van der Waals surface area (Å²) < 4.78 is 24.7. The van der Waals surface area contributed by atoms with Crippen LogP contribution in [0.4, 0.5) is 8.78 Å². The van der Waals surface area contributed by atoms with E-state index in [0.29, 0.717) is 0 Å². The van der Waals surface area contributed by atoms with Gasteiger partial charge in [-0.2, -0.15) is 0 Å². The van der Waals surface area contributed by atoms with Crippen molar-refractivity contribution in [3.8, 4) is 0 Å². The van der Waals surface area contributed by atoms with E-state index in [4.69, 9.17) is 23.2 Å². The van der Waals surface area contributed by atoms with Gasteiger partial charge in [0.05, 0.1) is 16.1 Å². The van der Waals surface area contributed by atoms with Gasteiger partial charge in [0, 0.05) is 6.20 Å². The Labute approximate surface area is 96.3 Å². The fourth-order valence-corrected chi connectivity index (χ4v) is 2.05. The van der Waals surface area contributed by atoms with Gasteiger partial charge >= 0.3 is 0 Å². The van der Waals surface area contributed by atoms with Gasteiger partial charge in [0.25, 0.3) is 11.7 Å². The number of pyridine rings is 1. The molecule has 2 nitrogen and oxygen atoms in total. The van der Waals surface area contributed by atoms with Crippen molar-refractivity contribution in [3.05, 3.63) is 26.9 Å². The number of hydrogen-bond acceptors (Lipinski definition) is 2. The standard InChI is InChI=1S/C7H2BrCl2F2NO/c8-5-3(6(10)14)4(9)2(1-13-5)7(11)12/h1,7H. The summed E-state index contributed by atoms with van der Waals surface area (Å²) in [7, 11) is 0. The average Bonchev–Trinajstić information content (AvgIpc) is 2.02. The quantitative estimate of drug-likeness (QED) is 0.614. The Morgan fingerprint density at radius 1 is 1.57 bits per heavy atom. The molecule has 14 heavy (non-hydrogen) atoms. The second kappa shape index (κ2) is 4.51. The maximum Gasteiger partial charge on any atom is 0.266 e. The molecule has 1 rings (SSSR count). The molecule has 1 heterocycles. The van der Waals surface area contributed by atoms with Crippen LogP contribution in [-0.2, 0) is 0 Å². The summed E-state index contributed by atoms with van der Waals surface area (Å²) in [6, 6.07) is 0. The summed E-state index contributed by atoms with van der Waals surface area (Å²) in [6.07, 6.45) is -1.90. The Balaban J connectivity index is 3.41. The maximum absolute atomic E-state index is 12.3. The van der Waals surface area contributed by atoms with E-state index in [1.54, 1.807) is 0 Å². The zero-order chi connectivity index (χ0) is 10.9. The van der Waals surface area contributed by atoms with Gasteiger partial charge in [0.15, 0.2) is 0 Å². The third kappa shape index (κ3) is 2.21. The number of nitrogens with zero attached hydrogens (tertiary/aromatic N) is 1. The molecule has 0 radical (unpaired) electrons. The van der Waals surface area contributed by atoms with Crippen molar-refractivity contribution in [2.75, 3.05) is 0 Å². The summed E-state index contributed by atoms with van der Waals surface area (Å²) in [5, 5.41) is -1.31. The molecule has 7 heteroatoms. The van der Waals surface area contributed by atoms with Crippen LogP contribution in [0.2, 0.25) is 5.02 Å². The molecule has 0 atom stereocenters. The first-order chi connectivity index (χ1) is 6.45. The fourth-order valence-electron chi connectivity index (χ4n) is 0.802.